The van der Waals surface area contributed by atoms with E-state index in [0.717, 1.165) is 11.5 Å². The van der Waals surface area contributed by atoms with Crippen LogP contribution in [0.5, 0.6) is 0 Å². The summed E-state index contributed by atoms with van der Waals surface area (Å²) in [5.41, 5.74) is 0.924. The van der Waals surface area contributed by atoms with Gasteiger partial charge in [0.15, 0.2) is 5.82 Å². The third-order valence-electron chi connectivity index (χ3n) is 2.06. The molecule has 0 saturated carbocycles. The highest BCUT2D eigenvalue weighted by atomic mass is 35.5. The lowest BCUT2D eigenvalue weighted by molar-refractivity contribution is 0.653. The quantitative estimate of drug-likeness (QED) is 0.883. The molecular weight excluding hydrogens is 226 g/mol. The van der Waals surface area contributed by atoms with Gasteiger partial charge in [-0.05, 0) is 6.92 Å². The van der Waals surface area contributed by atoms with E-state index in [1.54, 1.807) is 17.1 Å². The van der Waals surface area contributed by atoms with Gasteiger partial charge < -0.3 is 5.32 Å². The third-order valence-corrected chi connectivity index (χ3v) is 2.26. The summed E-state index contributed by atoms with van der Waals surface area (Å²) in [6.45, 7) is 2.45. The maximum absolute atomic E-state index is 5.78. The van der Waals surface area contributed by atoms with Crippen LogP contribution in [0.4, 0.5) is 5.82 Å². The van der Waals surface area contributed by atoms with Crippen molar-refractivity contribution in [2.45, 2.75) is 13.5 Å². The molecule has 0 fully saturated rings. The Labute approximate surface area is 98.5 Å². The van der Waals surface area contributed by atoms with E-state index in [-0.39, 0.29) is 0 Å². The number of aryl methyl sites for hydroxylation is 1. The highest BCUT2D eigenvalue weighted by molar-refractivity contribution is 6.30. The monoisotopic (exact) mass is 237 g/mol. The Morgan fingerprint density at radius 3 is 2.88 bits per heavy atom. The van der Waals surface area contributed by atoms with Crippen molar-refractivity contribution >= 4 is 17.4 Å². The van der Waals surface area contributed by atoms with E-state index in [2.05, 4.69) is 20.4 Å². The summed E-state index contributed by atoms with van der Waals surface area (Å²) >= 11 is 5.78. The fourth-order valence-electron chi connectivity index (χ4n) is 1.40. The molecule has 0 bridgehead atoms. The van der Waals surface area contributed by atoms with Gasteiger partial charge in [0.2, 0.25) is 0 Å². The Bertz CT molecular complexity index is 494. The molecule has 16 heavy (non-hydrogen) atoms. The van der Waals surface area contributed by atoms with E-state index in [1.165, 1.54) is 0 Å². The molecule has 0 aliphatic carbocycles. The van der Waals surface area contributed by atoms with E-state index < -0.39 is 0 Å². The minimum Gasteiger partial charge on any atom is -0.373 e. The van der Waals surface area contributed by atoms with Crippen molar-refractivity contribution in [1.29, 1.82) is 0 Å². The molecule has 2 aromatic heterocycles. The number of rotatable bonds is 3. The van der Waals surface area contributed by atoms with E-state index >= 15 is 0 Å². The normalized spacial score (nSPS) is 10.4. The Morgan fingerprint density at radius 1 is 1.44 bits per heavy atom. The molecule has 0 aliphatic rings. The summed E-state index contributed by atoms with van der Waals surface area (Å²) in [7, 11) is 1.83. The van der Waals surface area contributed by atoms with E-state index in [9.17, 15) is 0 Å². The summed E-state index contributed by atoms with van der Waals surface area (Å²) in [6.07, 6.45) is 3.34. The summed E-state index contributed by atoms with van der Waals surface area (Å²) in [4.78, 5) is 8.66. The second-order valence-corrected chi connectivity index (χ2v) is 3.85. The summed E-state index contributed by atoms with van der Waals surface area (Å²) < 4.78 is 1.70. The van der Waals surface area contributed by atoms with Crippen molar-refractivity contribution in [1.82, 2.24) is 19.7 Å². The van der Waals surface area contributed by atoms with Crippen LogP contribution in [-0.4, -0.2) is 26.8 Å². The molecule has 84 valence electrons. The molecule has 0 unspecified atom stereocenters. The average molecular weight is 238 g/mol. The molecule has 1 N–H and O–H groups in total. The van der Waals surface area contributed by atoms with Gasteiger partial charge in [0, 0.05) is 25.0 Å². The average Bonchev–Trinajstić information content (AvgIpc) is 2.63. The third kappa shape index (κ3) is 2.49. The fraction of sp³-hybridized carbons (Fsp3) is 0.300. The lowest BCUT2D eigenvalue weighted by atomic mass is 10.4. The molecular formula is C10H12ClN5. The van der Waals surface area contributed by atoms with Crippen molar-refractivity contribution in [3.05, 3.63) is 35.0 Å². The molecule has 0 saturated heterocycles. The molecule has 0 radical (unpaired) electrons. The second-order valence-electron chi connectivity index (χ2n) is 3.42. The predicted octanol–water partition coefficient (Wildman–Crippen LogP) is 1.72. The van der Waals surface area contributed by atoms with Gasteiger partial charge in [-0.15, -0.1) is 0 Å². The highest BCUT2D eigenvalue weighted by Gasteiger charge is 2.03. The van der Waals surface area contributed by atoms with Gasteiger partial charge in [0.25, 0.3) is 0 Å². The molecule has 0 aliphatic heterocycles. The zero-order chi connectivity index (χ0) is 11.5. The van der Waals surface area contributed by atoms with Crippen LogP contribution in [0.25, 0.3) is 0 Å². The molecule has 2 aromatic rings. The topological polar surface area (TPSA) is 55.6 Å². The highest BCUT2D eigenvalue weighted by Crippen LogP contribution is 2.08. The molecule has 0 amide bonds. The summed E-state index contributed by atoms with van der Waals surface area (Å²) in [6, 6.07) is 1.89. The van der Waals surface area contributed by atoms with Gasteiger partial charge in [-0.1, -0.05) is 11.6 Å². The number of halogens is 1. The Morgan fingerprint density at radius 2 is 2.25 bits per heavy atom. The summed E-state index contributed by atoms with van der Waals surface area (Å²) in [5.74, 6) is 1.52. The van der Waals surface area contributed by atoms with E-state index in [1.807, 2.05) is 20.0 Å². The second kappa shape index (κ2) is 4.49. The fourth-order valence-corrected chi connectivity index (χ4v) is 1.55. The van der Waals surface area contributed by atoms with Gasteiger partial charge in [-0.25, -0.2) is 9.97 Å². The Hall–Kier alpha value is -1.62. The summed E-state index contributed by atoms with van der Waals surface area (Å²) in [5, 5.41) is 7.69. The van der Waals surface area contributed by atoms with Crippen LogP contribution in [-0.2, 0) is 6.54 Å². The molecule has 6 heteroatoms. The first-order valence-electron chi connectivity index (χ1n) is 4.87. The molecule has 2 heterocycles. The van der Waals surface area contributed by atoms with E-state index in [4.69, 9.17) is 11.6 Å². The van der Waals surface area contributed by atoms with Crippen LogP contribution >= 0.6 is 11.6 Å². The van der Waals surface area contributed by atoms with Gasteiger partial charge in [-0.2, -0.15) is 5.10 Å². The van der Waals surface area contributed by atoms with Crippen LogP contribution in [0.3, 0.4) is 0 Å². The number of anilines is 1. The van der Waals surface area contributed by atoms with Gasteiger partial charge in [-0.3, -0.25) is 4.68 Å². The van der Waals surface area contributed by atoms with Crippen molar-refractivity contribution in [3.63, 3.8) is 0 Å². The maximum atomic E-state index is 5.78. The number of hydrogen-bond acceptors (Lipinski definition) is 4. The number of nitrogens with zero attached hydrogens (tertiary/aromatic N) is 4. The maximum Gasteiger partial charge on any atom is 0.152 e. The number of hydrogen-bond donors (Lipinski definition) is 1. The Kier molecular flexibility index (Phi) is 3.05. The first kappa shape index (κ1) is 10.9. The van der Waals surface area contributed by atoms with Gasteiger partial charge >= 0.3 is 0 Å². The van der Waals surface area contributed by atoms with Gasteiger partial charge in [0.05, 0.1) is 11.2 Å². The smallest absolute Gasteiger partial charge is 0.152 e. The minimum atomic E-state index is 0.517. The van der Waals surface area contributed by atoms with Crippen molar-refractivity contribution in [2.75, 3.05) is 12.4 Å². The van der Waals surface area contributed by atoms with Crippen molar-refractivity contribution in [3.8, 4) is 0 Å². The van der Waals surface area contributed by atoms with Crippen LogP contribution in [0.2, 0.25) is 5.02 Å². The molecule has 0 spiro atoms. The standard InChI is InChI=1S/C10H12ClN5/c1-7-3-9(12-2)15-10(14-7)6-16-5-8(11)4-13-16/h3-5H,6H2,1-2H3,(H,12,14,15). The van der Waals surface area contributed by atoms with Crippen LogP contribution in [0, 0.1) is 6.92 Å². The largest absolute Gasteiger partial charge is 0.373 e. The van der Waals surface area contributed by atoms with Gasteiger partial charge in [0.1, 0.15) is 12.4 Å². The van der Waals surface area contributed by atoms with Crippen LogP contribution in [0.15, 0.2) is 18.5 Å². The molecule has 2 rings (SSSR count). The Balaban J connectivity index is 2.24. The number of aromatic nitrogens is 4. The lowest BCUT2D eigenvalue weighted by Gasteiger charge is -2.05. The molecule has 0 atom stereocenters. The zero-order valence-corrected chi connectivity index (χ0v) is 9.86. The molecule has 5 nitrogen and oxygen atoms in total. The lowest BCUT2D eigenvalue weighted by Crippen LogP contribution is -2.07. The first-order valence-corrected chi connectivity index (χ1v) is 5.25. The van der Waals surface area contributed by atoms with Crippen LogP contribution < -0.4 is 5.32 Å². The molecule has 0 aromatic carbocycles. The van der Waals surface area contributed by atoms with Crippen molar-refractivity contribution < 1.29 is 0 Å². The van der Waals surface area contributed by atoms with Crippen LogP contribution in [0.1, 0.15) is 11.5 Å². The number of nitrogens with one attached hydrogen (secondary N) is 1. The SMILES string of the molecule is CNc1cc(C)nc(Cn2cc(Cl)cn2)n1. The van der Waals surface area contributed by atoms with Crippen molar-refractivity contribution in [2.24, 2.45) is 0 Å². The first-order chi connectivity index (χ1) is 7.67. The van der Waals surface area contributed by atoms with E-state index in [0.29, 0.717) is 17.4 Å². The predicted molar refractivity (Wildman–Crippen MR) is 62.7 cm³/mol. The minimum absolute atomic E-state index is 0.517. The zero-order valence-electron chi connectivity index (χ0n) is 9.11.